The monoisotopic (exact) mass is 318 g/mol. The SMILES string of the molecule is Cc1ccc(C2C(=O)C3CCC4C2c2ccccc2C[N+]34C)cc1. The van der Waals surface area contributed by atoms with Crippen LogP contribution in [-0.4, -0.2) is 29.4 Å². The molecule has 0 saturated carbocycles. The number of fused-ring (bicyclic) bond motifs is 2. The maximum Gasteiger partial charge on any atom is 0.198 e. The standard InChI is InChI=1S/C22H24NO/c1-14-7-9-15(10-8-14)20-21-17-6-4-3-5-16(17)13-23(2)18(21)11-12-19(23)22(20)24/h3-10,18-21H,11-13H2,1-2H3/q+1. The second kappa shape index (κ2) is 4.80. The number of aryl methyl sites for hydroxylation is 1. The zero-order valence-electron chi connectivity index (χ0n) is 14.4. The fourth-order valence-corrected chi connectivity index (χ4v) is 5.87. The van der Waals surface area contributed by atoms with Crippen LogP contribution in [0.25, 0.3) is 0 Å². The van der Waals surface area contributed by atoms with E-state index in [0.29, 0.717) is 17.7 Å². The Labute approximate surface area is 143 Å². The van der Waals surface area contributed by atoms with Gasteiger partial charge in [-0.2, -0.15) is 0 Å². The van der Waals surface area contributed by atoms with Gasteiger partial charge >= 0.3 is 0 Å². The lowest BCUT2D eigenvalue weighted by molar-refractivity contribution is -0.954. The average molecular weight is 318 g/mol. The first kappa shape index (κ1) is 14.4. The highest BCUT2D eigenvalue weighted by molar-refractivity contribution is 5.92. The highest BCUT2D eigenvalue weighted by atomic mass is 16.1. The van der Waals surface area contributed by atoms with Crippen LogP contribution in [0.3, 0.4) is 0 Å². The van der Waals surface area contributed by atoms with E-state index in [4.69, 9.17) is 0 Å². The third-order valence-corrected chi connectivity index (χ3v) is 6.98. The maximum atomic E-state index is 13.5. The first-order valence-electron chi connectivity index (χ1n) is 9.12. The van der Waals surface area contributed by atoms with E-state index in [1.807, 2.05) is 0 Å². The van der Waals surface area contributed by atoms with Gasteiger partial charge in [0.15, 0.2) is 5.78 Å². The van der Waals surface area contributed by atoms with Gasteiger partial charge in [0.25, 0.3) is 0 Å². The summed E-state index contributed by atoms with van der Waals surface area (Å²) in [6.07, 6.45) is 2.25. The third-order valence-electron chi connectivity index (χ3n) is 6.98. The quantitative estimate of drug-likeness (QED) is 0.728. The van der Waals surface area contributed by atoms with Crippen LogP contribution in [0.15, 0.2) is 48.5 Å². The van der Waals surface area contributed by atoms with E-state index >= 15 is 0 Å². The number of rotatable bonds is 1. The van der Waals surface area contributed by atoms with E-state index < -0.39 is 0 Å². The smallest absolute Gasteiger partial charge is 0.198 e. The van der Waals surface area contributed by atoms with Crippen molar-refractivity contribution in [2.45, 2.75) is 50.2 Å². The van der Waals surface area contributed by atoms with Crippen LogP contribution in [0.5, 0.6) is 0 Å². The molecule has 2 aromatic rings. The number of carbonyl (C=O) groups is 1. The molecule has 2 fully saturated rings. The molecular weight excluding hydrogens is 294 g/mol. The van der Waals surface area contributed by atoms with Crippen LogP contribution in [-0.2, 0) is 11.3 Å². The van der Waals surface area contributed by atoms with Crippen LogP contribution in [0, 0.1) is 6.92 Å². The Morgan fingerprint density at radius 1 is 1.00 bits per heavy atom. The Kier molecular flexibility index (Phi) is 2.88. The number of Topliss-reactive ketones (excluding diaryl/α,β-unsaturated/α-hetero) is 1. The lowest BCUT2D eigenvalue weighted by atomic mass is 9.67. The Morgan fingerprint density at radius 2 is 1.75 bits per heavy atom. The first-order chi connectivity index (χ1) is 11.6. The summed E-state index contributed by atoms with van der Waals surface area (Å²) in [6.45, 7) is 3.13. The molecule has 5 unspecified atom stereocenters. The highest BCUT2D eigenvalue weighted by Crippen LogP contribution is 2.56. The van der Waals surface area contributed by atoms with Crippen LogP contribution in [0.2, 0.25) is 0 Å². The van der Waals surface area contributed by atoms with Crippen molar-refractivity contribution in [1.29, 1.82) is 0 Å². The largest absolute Gasteiger partial charge is 0.311 e. The predicted octanol–water partition coefficient (Wildman–Crippen LogP) is 3.94. The van der Waals surface area contributed by atoms with Crippen molar-refractivity contribution in [2.24, 2.45) is 0 Å². The molecule has 2 heteroatoms. The van der Waals surface area contributed by atoms with Crippen molar-refractivity contribution in [3.63, 3.8) is 0 Å². The van der Waals surface area contributed by atoms with Gasteiger partial charge in [0.2, 0.25) is 0 Å². The zero-order chi connectivity index (χ0) is 16.5. The number of hydrogen-bond donors (Lipinski definition) is 0. The summed E-state index contributed by atoms with van der Waals surface area (Å²) in [4.78, 5) is 13.5. The number of likely N-dealkylation sites (N-methyl/N-ethyl adjacent to an activating group) is 1. The van der Waals surface area contributed by atoms with E-state index in [0.717, 1.165) is 17.4 Å². The molecule has 24 heavy (non-hydrogen) atoms. The Balaban J connectivity index is 1.73. The van der Waals surface area contributed by atoms with Crippen molar-refractivity contribution < 1.29 is 9.28 Å². The van der Waals surface area contributed by atoms with E-state index in [9.17, 15) is 4.79 Å². The second-order valence-electron chi connectivity index (χ2n) is 8.18. The minimum absolute atomic E-state index is 0.0377. The molecule has 3 aliphatic heterocycles. The number of carbonyl (C=O) groups excluding carboxylic acids is 1. The number of benzene rings is 2. The molecule has 0 amide bonds. The summed E-state index contributed by atoms with van der Waals surface area (Å²) in [5.74, 6) is 0.860. The summed E-state index contributed by atoms with van der Waals surface area (Å²) in [7, 11) is 2.33. The number of nitrogens with zero attached hydrogens (tertiary/aromatic N) is 1. The molecule has 0 spiro atoms. The molecule has 2 saturated heterocycles. The highest BCUT2D eigenvalue weighted by Gasteiger charge is 2.63. The van der Waals surface area contributed by atoms with Crippen molar-refractivity contribution >= 4 is 5.78 Å². The zero-order valence-corrected chi connectivity index (χ0v) is 14.4. The Hall–Kier alpha value is -1.93. The number of ketones is 1. The number of hydrogen-bond acceptors (Lipinski definition) is 1. The van der Waals surface area contributed by atoms with Gasteiger partial charge in [-0.05, 0) is 18.1 Å². The third kappa shape index (κ3) is 1.72. The molecule has 0 aliphatic carbocycles. The molecule has 122 valence electrons. The number of piperidine rings is 1. The van der Waals surface area contributed by atoms with Gasteiger partial charge in [-0.1, -0.05) is 54.1 Å². The summed E-state index contributed by atoms with van der Waals surface area (Å²) in [5.41, 5.74) is 5.36. The van der Waals surface area contributed by atoms with Crippen molar-refractivity contribution in [3.8, 4) is 0 Å². The van der Waals surface area contributed by atoms with E-state index in [2.05, 4.69) is 62.5 Å². The van der Waals surface area contributed by atoms with E-state index in [1.165, 1.54) is 28.7 Å². The normalized spacial score (nSPS) is 36.5. The molecule has 5 atom stereocenters. The lowest BCUT2D eigenvalue weighted by Crippen LogP contribution is -2.65. The van der Waals surface area contributed by atoms with E-state index in [-0.39, 0.29) is 12.0 Å². The molecule has 4 bridgehead atoms. The minimum atomic E-state index is 0.0377. The maximum absolute atomic E-state index is 13.5. The molecular formula is C22H24NO+. The van der Waals surface area contributed by atoms with Gasteiger partial charge in [-0.25, -0.2) is 0 Å². The molecule has 3 heterocycles. The van der Waals surface area contributed by atoms with Gasteiger partial charge in [-0.3, -0.25) is 4.79 Å². The lowest BCUT2D eigenvalue weighted by Gasteiger charge is -2.53. The van der Waals surface area contributed by atoms with Gasteiger partial charge in [0.1, 0.15) is 12.6 Å². The molecule has 0 radical (unpaired) electrons. The molecule has 0 aromatic heterocycles. The topological polar surface area (TPSA) is 17.1 Å². The van der Waals surface area contributed by atoms with Gasteiger partial charge in [0.05, 0.1) is 24.9 Å². The Morgan fingerprint density at radius 3 is 2.54 bits per heavy atom. The van der Waals surface area contributed by atoms with Crippen molar-refractivity contribution in [2.75, 3.05) is 7.05 Å². The van der Waals surface area contributed by atoms with Crippen LogP contribution in [0.4, 0.5) is 0 Å². The second-order valence-corrected chi connectivity index (χ2v) is 8.18. The molecule has 3 aliphatic rings. The Bertz CT molecular complexity index is 824. The predicted molar refractivity (Wildman–Crippen MR) is 94.8 cm³/mol. The molecule has 5 rings (SSSR count). The van der Waals surface area contributed by atoms with Gasteiger partial charge in [0, 0.05) is 18.4 Å². The fourth-order valence-electron chi connectivity index (χ4n) is 5.87. The number of quaternary nitrogens is 1. The first-order valence-corrected chi connectivity index (χ1v) is 9.12. The van der Waals surface area contributed by atoms with Gasteiger partial charge < -0.3 is 4.48 Å². The summed E-state index contributed by atoms with van der Waals surface area (Å²) in [6, 6.07) is 18.3. The fraction of sp³-hybridized carbons (Fsp3) is 0.409. The van der Waals surface area contributed by atoms with Crippen LogP contribution >= 0.6 is 0 Å². The van der Waals surface area contributed by atoms with E-state index in [1.54, 1.807) is 0 Å². The summed E-state index contributed by atoms with van der Waals surface area (Å²) >= 11 is 0. The summed E-state index contributed by atoms with van der Waals surface area (Å²) in [5, 5.41) is 0. The molecule has 2 aromatic carbocycles. The van der Waals surface area contributed by atoms with Gasteiger partial charge in [-0.15, -0.1) is 0 Å². The van der Waals surface area contributed by atoms with Crippen LogP contribution < -0.4 is 0 Å². The van der Waals surface area contributed by atoms with Crippen molar-refractivity contribution in [3.05, 3.63) is 70.8 Å². The minimum Gasteiger partial charge on any atom is -0.311 e. The molecule has 0 N–H and O–H groups in total. The van der Waals surface area contributed by atoms with Crippen LogP contribution in [0.1, 0.15) is 46.9 Å². The summed E-state index contributed by atoms with van der Waals surface area (Å²) < 4.78 is 0.947. The van der Waals surface area contributed by atoms with Crippen molar-refractivity contribution in [1.82, 2.24) is 0 Å². The average Bonchev–Trinajstić information content (AvgIpc) is 2.82. The molecule has 2 nitrogen and oxygen atoms in total.